The lowest BCUT2D eigenvalue weighted by atomic mass is 9.98. The first-order chi connectivity index (χ1) is 18.0. The Hall–Kier alpha value is -4.57. The number of nitrogens with one attached hydrogen (secondary N) is 2. The van der Waals surface area contributed by atoms with Crippen LogP contribution in [0.1, 0.15) is 41.3 Å². The molecule has 0 fully saturated rings. The highest BCUT2D eigenvalue weighted by molar-refractivity contribution is 5.95. The average molecular weight is 499 g/mol. The third-order valence-electron chi connectivity index (χ3n) is 5.58. The highest BCUT2D eigenvalue weighted by Crippen LogP contribution is 2.44. The fraction of sp³-hybridized carbons (Fsp3) is 0.233. The largest absolute Gasteiger partial charge is 0.465 e. The summed E-state index contributed by atoms with van der Waals surface area (Å²) in [6, 6.07) is 25.3. The van der Waals surface area contributed by atoms with Crippen molar-refractivity contribution in [1.82, 2.24) is 10.6 Å². The Kier molecular flexibility index (Phi) is 10.3. The number of amides is 2. The topological polar surface area (TPSA) is 93.7 Å². The van der Waals surface area contributed by atoms with Gasteiger partial charge in [-0.15, -0.1) is 5.92 Å². The number of fused-ring (bicyclic) bond motifs is 3. The van der Waals surface area contributed by atoms with E-state index in [0.29, 0.717) is 25.3 Å². The lowest BCUT2D eigenvalue weighted by Gasteiger charge is -2.14. The van der Waals surface area contributed by atoms with E-state index in [4.69, 9.17) is 4.74 Å². The van der Waals surface area contributed by atoms with Crippen molar-refractivity contribution < 1.29 is 23.9 Å². The molecule has 0 radical (unpaired) electrons. The van der Waals surface area contributed by atoms with Crippen molar-refractivity contribution in [2.45, 2.75) is 19.8 Å². The summed E-state index contributed by atoms with van der Waals surface area (Å²) in [5.41, 5.74) is 5.41. The van der Waals surface area contributed by atoms with Gasteiger partial charge in [0.2, 0.25) is 0 Å². The van der Waals surface area contributed by atoms with E-state index in [1.54, 1.807) is 38.1 Å². The van der Waals surface area contributed by atoms with Crippen LogP contribution in [0.5, 0.6) is 0 Å². The van der Waals surface area contributed by atoms with Crippen molar-refractivity contribution in [3.05, 3.63) is 95.6 Å². The summed E-state index contributed by atoms with van der Waals surface area (Å²) in [5.74, 6) is 4.89. The predicted molar refractivity (Wildman–Crippen MR) is 142 cm³/mol. The Morgan fingerprint density at radius 1 is 0.811 bits per heavy atom. The Morgan fingerprint density at radius 3 is 2.00 bits per heavy atom. The van der Waals surface area contributed by atoms with E-state index in [-0.39, 0.29) is 18.4 Å². The Labute approximate surface area is 217 Å². The zero-order valence-electron chi connectivity index (χ0n) is 21.0. The molecule has 7 nitrogen and oxygen atoms in total. The van der Waals surface area contributed by atoms with E-state index in [9.17, 15) is 14.4 Å². The Balaban J connectivity index is 0.000000222. The van der Waals surface area contributed by atoms with Gasteiger partial charge in [0.05, 0.1) is 13.2 Å². The third kappa shape index (κ3) is 7.71. The van der Waals surface area contributed by atoms with Crippen LogP contribution in [0.2, 0.25) is 0 Å². The van der Waals surface area contributed by atoms with Crippen LogP contribution in [0.15, 0.2) is 78.9 Å². The number of esters is 1. The van der Waals surface area contributed by atoms with Gasteiger partial charge in [0.25, 0.3) is 5.91 Å². The van der Waals surface area contributed by atoms with Crippen LogP contribution >= 0.6 is 0 Å². The van der Waals surface area contributed by atoms with Gasteiger partial charge in [0.15, 0.2) is 0 Å². The SMILES string of the molecule is CC#CCNC(=O)OCC1c2ccccc2-c2ccccc21.CCOC(=O)CNC(=O)c1ccccc1. The van der Waals surface area contributed by atoms with Crippen molar-refractivity contribution in [2.75, 3.05) is 26.3 Å². The van der Waals surface area contributed by atoms with E-state index in [2.05, 4.69) is 51.5 Å². The quantitative estimate of drug-likeness (QED) is 0.369. The zero-order chi connectivity index (χ0) is 26.5. The first-order valence-electron chi connectivity index (χ1n) is 12.0. The number of ether oxygens (including phenoxy) is 2. The van der Waals surface area contributed by atoms with E-state index in [1.165, 1.54) is 22.3 Å². The van der Waals surface area contributed by atoms with E-state index in [0.717, 1.165) is 0 Å². The molecular formula is C30H30N2O5. The van der Waals surface area contributed by atoms with E-state index < -0.39 is 12.1 Å². The van der Waals surface area contributed by atoms with Crippen LogP contribution in [-0.4, -0.2) is 44.3 Å². The maximum Gasteiger partial charge on any atom is 0.407 e. The second kappa shape index (κ2) is 14.1. The molecule has 0 aliphatic heterocycles. The molecule has 7 heteroatoms. The van der Waals surface area contributed by atoms with Gasteiger partial charge in [-0.2, -0.15) is 0 Å². The predicted octanol–water partition coefficient (Wildman–Crippen LogP) is 4.53. The van der Waals surface area contributed by atoms with Gasteiger partial charge in [-0.1, -0.05) is 72.7 Å². The van der Waals surface area contributed by atoms with Crippen molar-refractivity contribution in [3.63, 3.8) is 0 Å². The molecule has 190 valence electrons. The summed E-state index contributed by atoms with van der Waals surface area (Å²) >= 11 is 0. The molecule has 2 amide bonds. The fourth-order valence-corrected chi connectivity index (χ4v) is 3.91. The molecule has 1 aliphatic carbocycles. The molecule has 0 saturated heterocycles. The monoisotopic (exact) mass is 498 g/mol. The summed E-state index contributed by atoms with van der Waals surface area (Å²) < 4.78 is 10.0. The molecular weight excluding hydrogens is 468 g/mol. The van der Waals surface area contributed by atoms with Crippen LogP contribution in [0.4, 0.5) is 4.79 Å². The number of alkyl carbamates (subject to hydrolysis) is 1. The van der Waals surface area contributed by atoms with Gasteiger partial charge in [0, 0.05) is 11.5 Å². The van der Waals surface area contributed by atoms with E-state index in [1.807, 2.05) is 30.3 Å². The molecule has 37 heavy (non-hydrogen) atoms. The van der Waals surface area contributed by atoms with Crippen molar-refractivity contribution in [2.24, 2.45) is 0 Å². The molecule has 0 saturated carbocycles. The number of carbonyl (C=O) groups is 3. The first kappa shape index (κ1) is 27.0. The minimum Gasteiger partial charge on any atom is -0.465 e. The molecule has 0 unspecified atom stereocenters. The smallest absolute Gasteiger partial charge is 0.407 e. The number of rotatable bonds is 7. The fourth-order valence-electron chi connectivity index (χ4n) is 3.91. The molecule has 4 rings (SSSR count). The van der Waals surface area contributed by atoms with Gasteiger partial charge in [-0.05, 0) is 48.2 Å². The highest BCUT2D eigenvalue weighted by atomic mass is 16.5. The van der Waals surface area contributed by atoms with Crippen LogP contribution in [0.3, 0.4) is 0 Å². The van der Waals surface area contributed by atoms with Crippen LogP contribution in [0.25, 0.3) is 11.1 Å². The molecule has 3 aromatic carbocycles. The van der Waals surface area contributed by atoms with Gasteiger partial charge in [-0.25, -0.2) is 4.79 Å². The lowest BCUT2D eigenvalue weighted by Crippen LogP contribution is -2.30. The molecule has 1 aliphatic rings. The molecule has 0 spiro atoms. The van der Waals surface area contributed by atoms with Crippen molar-refractivity contribution in [1.29, 1.82) is 0 Å². The van der Waals surface area contributed by atoms with E-state index >= 15 is 0 Å². The van der Waals surface area contributed by atoms with Crippen LogP contribution in [-0.2, 0) is 14.3 Å². The Bertz CT molecular complexity index is 1230. The molecule has 2 N–H and O–H groups in total. The lowest BCUT2D eigenvalue weighted by molar-refractivity contribution is -0.141. The summed E-state index contributed by atoms with van der Waals surface area (Å²) in [6.45, 7) is 4.32. The normalized spacial score (nSPS) is 10.9. The van der Waals surface area contributed by atoms with Gasteiger partial charge < -0.3 is 20.1 Å². The summed E-state index contributed by atoms with van der Waals surface area (Å²) in [5, 5.41) is 5.09. The first-order valence-corrected chi connectivity index (χ1v) is 12.0. The minimum absolute atomic E-state index is 0.0930. The standard InChI is InChI=1S/C19H17NO2.C11H13NO3/c1-2-3-12-20-19(21)22-13-18-16-10-6-4-8-14(16)15-9-5-7-11-17(15)18;1-2-15-10(13)8-12-11(14)9-6-4-3-5-7-9/h4-11,18H,12-13H2,1H3,(H,20,21);3-7H,2,8H2,1H3,(H,12,14). The summed E-state index contributed by atoms with van der Waals surface area (Å²) in [6.07, 6.45) is -0.426. The molecule has 3 aromatic rings. The van der Waals surface area contributed by atoms with Crippen LogP contribution in [0, 0.1) is 11.8 Å². The molecule has 0 heterocycles. The van der Waals surface area contributed by atoms with Crippen LogP contribution < -0.4 is 10.6 Å². The molecule has 0 atom stereocenters. The summed E-state index contributed by atoms with van der Waals surface area (Å²) in [4.78, 5) is 34.1. The maximum atomic E-state index is 11.7. The van der Waals surface area contributed by atoms with Crippen molar-refractivity contribution in [3.8, 4) is 23.0 Å². The number of hydrogen-bond donors (Lipinski definition) is 2. The third-order valence-corrected chi connectivity index (χ3v) is 5.58. The van der Waals surface area contributed by atoms with Gasteiger partial charge in [0.1, 0.15) is 13.2 Å². The van der Waals surface area contributed by atoms with Gasteiger partial charge in [-0.3, -0.25) is 9.59 Å². The molecule has 0 bridgehead atoms. The summed E-state index contributed by atoms with van der Waals surface area (Å²) in [7, 11) is 0. The number of hydrogen-bond acceptors (Lipinski definition) is 5. The minimum atomic E-state index is -0.429. The second-order valence-electron chi connectivity index (χ2n) is 7.96. The van der Waals surface area contributed by atoms with Crippen molar-refractivity contribution >= 4 is 18.0 Å². The second-order valence-corrected chi connectivity index (χ2v) is 7.96. The average Bonchev–Trinajstić information content (AvgIpc) is 3.25. The Morgan fingerprint density at radius 2 is 1.41 bits per heavy atom. The highest BCUT2D eigenvalue weighted by Gasteiger charge is 2.28. The zero-order valence-corrected chi connectivity index (χ0v) is 21.0. The molecule has 0 aromatic heterocycles. The van der Waals surface area contributed by atoms with Gasteiger partial charge >= 0.3 is 12.1 Å². The number of benzene rings is 3. The number of carbonyl (C=O) groups excluding carboxylic acids is 3. The maximum absolute atomic E-state index is 11.7.